The Balaban J connectivity index is 0.000000254. The van der Waals surface area contributed by atoms with E-state index in [1.165, 1.54) is 12.3 Å². The molecular formula is C50H64N4O11. The number of ether oxygens (including phenoxy) is 2. The third-order valence-corrected chi connectivity index (χ3v) is 10.7. The molecule has 2 amide bonds. The number of nitrogens with zero attached hydrogens (tertiary/aromatic N) is 4. The third-order valence-electron chi connectivity index (χ3n) is 10.7. The van der Waals surface area contributed by atoms with E-state index < -0.39 is 36.4 Å². The van der Waals surface area contributed by atoms with Gasteiger partial charge in [-0.15, -0.1) is 0 Å². The van der Waals surface area contributed by atoms with E-state index in [0.717, 1.165) is 55.1 Å². The Morgan fingerprint density at radius 2 is 1.34 bits per heavy atom. The van der Waals surface area contributed by atoms with Gasteiger partial charge in [-0.1, -0.05) is 41.6 Å². The summed E-state index contributed by atoms with van der Waals surface area (Å²) in [5.74, 6) is 0.165. The number of furan rings is 2. The van der Waals surface area contributed by atoms with Crippen LogP contribution in [0.15, 0.2) is 105 Å². The summed E-state index contributed by atoms with van der Waals surface area (Å²) in [6.45, 7) is 7.31. The number of hydrogen-bond acceptors (Lipinski definition) is 11. The van der Waals surface area contributed by atoms with Crippen LogP contribution in [0.5, 0.6) is 11.5 Å². The lowest BCUT2D eigenvalue weighted by Crippen LogP contribution is -2.44. The van der Waals surface area contributed by atoms with Gasteiger partial charge >= 0.3 is 11.9 Å². The van der Waals surface area contributed by atoms with Crippen LogP contribution in [-0.2, 0) is 27.4 Å². The van der Waals surface area contributed by atoms with Crippen LogP contribution >= 0.6 is 0 Å². The van der Waals surface area contributed by atoms with E-state index in [-0.39, 0.29) is 41.7 Å². The normalized spacial score (nSPS) is 13.8. The molecule has 15 nitrogen and oxygen atoms in total. The highest BCUT2D eigenvalue weighted by molar-refractivity contribution is 5.93. The quantitative estimate of drug-likeness (QED) is 0.0557. The molecule has 0 bridgehead atoms. The van der Waals surface area contributed by atoms with E-state index in [9.17, 15) is 19.2 Å². The number of benzene rings is 2. The highest BCUT2D eigenvalue weighted by Crippen LogP contribution is 2.29. The summed E-state index contributed by atoms with van der Waals surface area (Å²) in [6, 6.07) is 21.3. The molecule has 1 saturated heterocycles. The summed E-state index contributed by atoms with van der Waals surface area (Å²) in [5.41, 5.74) is 1.04. The zero-order valence-corrected chi connectivity index (χ0v) is 37.8. The predicted octanol–water partition coefficient (Wildman–Crippen LogP) is 9.97. The zero-order chi connectivity index (χ0) is 49.3. The largest absolute Gasteiger partial charge is 0.493 e. The number of para-hydroxylation sites is 2. The fraction of sp³-hybridized carbons (Fsp3) is 0.460. The third kappa shape index (κ3) is 15.6. The second-order valence-corrected chi connectivity index (χ2v) is 16.2. The first-order chi connectivity index (χ1) is 32.5. The number of rotatable bonds is 24. The number of amides is 2. The van der Waals surface area contributed by atoms with E-state index in [1.54, 1.807) is 75.3 Å². The Hall–Kier alpha value is -6.51. The van der Waals surface area contributed by atoms with Crippen LogP contribution in [0.2, 0.25) is 0 Å². The molecule has 4 heterocycles. The highest BCUT2D eigenvalue weighted by atomic mass is 16.5. The van der Waals surface area contributed by atoms with Crippen LogP contribution in [0.4, 0.5) is 5.88 Å². The lowest BCUT2D eigenvalue weighted by atomic mass is 9.94. The van der Waals surface area contributed by atoms with Gasteiger partial charge in [-0.3, -0.25) is 19.2 Å². The smallest absolute Gasteiger partial charge is 0.303 e. The number of piperidine rings is 1. The number of carbonyl (C=O) groups excluding carboxylic acids is 2. The minimum Gasteiger partial charge on any atom is -0.493 e. The average molecular weight is 900 g/mol. The van der Waals surface area contributed by atoms with E-state index >= 15 is 0 Å². The van der Waals surface area contributed by atoms with Crippen molar-refractivity contribution in [1.82, 2.24) is 15.0 Å². The molecular weight excluding hydrogens is 833 g/mol. The lowest BCUT2D eigenvalue weighted by molar-refractivity contribution is -0.139. The van der Waals surface area contributed by atoms with Crippen molar-refractivity contribution in [2.24, 2.45) is 5.92 Å². The molecule has 350 valence electrons. The van der Waals surface area contributed by atoms with Crippen LogP contribution in [0.25, 0.3) is 11.5 Å². The Bertz CT molecular complexity index is 2340. The van der Waals surface area contributed by atoms with E-state index in [4.69, 9.17) is 37.2 Å². The van der Waals surface area contributed by atoms with Crippen molar-refractivity contribution < 1.29 is 56.3 Å². The summed E-state index contributed by atoms with van der Waals surface area (Å²) in [5, 5.41) is 21.3. The van der Waals surface area contributed by atoms with Gasteiger partial charge in [0.05, 0.1) is 29.9 Å². The minimum absolute atomic E-state index is 0.00238. The van der Waals surface area contributed by atoms with Gasteiger partial charge in [0.1, 0.15) is 11.5 Å². The molecule has 1 aliphatic rings. The number of anilines is 1. The van der Waals surface area contributed by atoms with Gasteiger partial charge in [0.15, 0.2) is 17.3 Å². The van der Waals surface area contributed by atoms with Gasteiger partial charge in [0.2, 0.25) is 11.7 Å². The molecule has 65 heavy (non-hydrogen) atoms. The molecule has 0 radical (unpaired) electrons. The first-order valence-electron chi connectivity index (χ1n) is 23.8. The fourth-order valence-corrected chi connectivity index (χ4v) is 7.16. The topological polar surface area (TPSA) is 189 Å². The van der Waals surface area contributed by atoms with Crippen molar-refractivity contribution in [3.05, 3.63) is 108 Å². The summed E-state index contributed by atoms with van der Waals surface area (Å²) in [6.07, 6.45) is 8.91. The zero-order valence-electron chi connectivity index (χ0n) is 40.8. The van der Waals surface area contributed by atoms with Crippen LogP contribution in [0.1, 0.15) is 118 Å². The van der Waals surface area contributed by atoms with Gasteiger partial charge in [-0.05, 0) is 109 Å². The molecule has 2 N–H and O–H groups in total. The van der Waals surface area contributed by atoms with E-state index in [2.05, 4.69) is 10.1 Å². The van der Waals surface area contributed by atoms with Crippen molar-refractivity contribution in [3.63, 3.8) is 0 Å². The van der Waals surface area contributed by atoms with Crippen LogP contribution in [0.3, 0.4) is 0 Å². The number of carboxylic acid groups (broad SMARTS) is 2. The van der Waals surface area contributed by atoms with Crippen LogP contribution in [-0.4, -0.2) is 87.3 Å². The summed E-state index contributed by atoms with van der Waals surface area (Å²) in [7, 11) is 0. The highest BCUT2D eigenvalue weighted by Gasteiger charge is 2.31. The van der Waals surface area contributed by atoms with Crippen molar-refractivity contribution in [2.45, 2.75) is 117 Å². The number of aromatic nitrogens is 1. The molecule has 0 spiro atoms. The molecule has 0 atom stereocenters. The Morgan fingerprint density at radius 3 is 1.89 bits per heavy atom. The molecule has 1 fully saturated rings. The minimum atomic E-state index is -2.21. The van der Waals surface area contributed by atoms with Crippen molar-refractivity contribution >= 4 is 29.6 Å². The Labute approximate surface area is 385 Å². The van der Waals surface area contributed by atoms with Gasteiger partial charge in [0, 0.05) is 80.2 Å². The Morgan fingerprint density at radius 1 is 0.754 bits per heavy atom. The van der Waals surface area contributed by atoms with Gasteiger partial charge < -0.3 is 47.7 Å². The molecule has 6 rings (SSSR count). The second-order valence-electron chi connectivity index (χ2n) is 16.2. The SMILES string of the molecule is [2H]C(C)(C)N(Cc1ccccc1OCCCCCC(=O)O)C(=O)C1CCN(c2ccco2)CC1.[2H]C([2H])(c1ccccc1OCCCCCC(=O)O)N(C(=O)c1cc(-c2ccco2)on1)C(C)C. The van der Waals surface area contributed by atoms with Gasteiger partial charge in [-0.25, -0.2) is 0 Å². The van der Waals surface area contributed by atoms with E-state index in [0.29, 0.717) is 62.7 Å². The number of unbranched alkanes of at least 4 members (excludes halogenated alkanes) is 4. The Kier molecular flexibility index (Phi) is 17.8. The number of aliphatic carboxylic acids is 2. The summed E-state index contributed by atoms with van der Waals surface area (Å²) in [4.78, 5) is 53.0. The molecule has 2 aromatic carbocycles. The molecule has 0 aliphatic carbocycles. The van der Waals surface area contributed by atoms with E-state index in [1.807, 2.05) is 36.4 Å². The van der Waals surface area contributed by atoms with Crippen LogP contribution < -0.4 is 14.4 Å². The number of carboxylic acids is 2. The molecule has 0 saturated carbocycles. The van der Waals surface area contributed by atoms with Gasteiger partial charge in [-0.2, -0.15) is 0 Å². The maximum absolute atomic E-state index is 13.5. The lowest BCUT2D eigenvalue weighted by Gasteiger charge is -2.36. The molecule has 15 heteroatoms. The second kappa shape index (κ2) is 25.7. The fourth-order valence-electron chi connectivity index (χ4n) is 7.16. The maximum Gasteiger partial charge on any atom is 0.303 e. The standard InChI is InChI=1S/C26H36N2O5.C24H28N2O6/c1-20(2)28(26(31)21-13-15-27(16-14-21)24-11-8-18-33-24)19-22-9-5-6-10-23(22)32-17-7-3-4-12-25(29)30;1-17(2)26(24(29)19-15-22(32-25-19)21-11-8-14-31-21)16-18-9-5-6-10-20(18)30-13-7-3-4-12-23(27)28/h5-6,8-11,18,20-21H,3-4,7,12-17,19H2,1-2H3,(H,29,30);5-6,8-11,14-15,17H,3-4,7,12-13,16H2,1-2H3,(H,27,28)/i20D;16D2. The predicted molar refractivity (Wildman–Crippen MR) is 245 cm³/mol. The first-order valence-corrected chi connectivity index (χ1v) is 22.3. The molecule has 0 unspecified atom stereocenters. The summed E-state index contributed by atoms with van der Waals surface area (Å²) < 4.78 is 54.2. The van der Waals surface area contributed by atoms with Crippen molar-refractivity contribution in [3.8, 4) is 23.0 Å². The molecule has 1 aliphatic heterocycles. The number of hydrogen-bond donors (Lipinski definition) is 2. The average Bonchev–Trinajstić information content (AvgIpc) is 4.13. The maximum atomic E-state index is 13.5. The van der Waals surface area contributed by atoms with Crippen molar-refractivity contribution in [2.75, 3.05) is 31.2 Å². The van der Waals surface area contributed by atoms with Gasteiger partial charge in [0.25, 0.3) is 5.91 Å². The van der Waals surface area contributed by atoms with Crippen LogP contribution in [0, 0.1) is 5.92 Å². The first kappa shape index (κ1) is 45.1. The number of carbonyl (C=O) groups is 4. The van der Waals surface area contributed by atoms with Crippen molar-refractivity contribution in [1.29, 1.82) is 0 Å². The molecule has 3 aromatic heterocycles. The summed E-state index contributed by atoms with van der Waals surface area (Å²) >= 11 is 0. The molecule has 5 aromatic rings. The monoisotopic (exact) mass is 899 g/mol.